The van der Waals surface area contributed by atoms with Crippen LogP contribution in [0, 0.1) is 0 Å². The molecule has 0 aromatic heterocycles. The molecule has 2 saturated heterocycles. The number of quaternary nitrogens is 1. The maximum Gasteiger partial charge on any atom is 0.295 e. The Balaban J connectivity index is 1.77. The Hall–Kier alpha value is -3.56. The molecule has 0 saturated carbocycles. The van der Waals surface area contributed by atoms with Gasteiger partial charge in [-0.2, -0.15) is 0 Å². The van der Waals surface area contributed by atoms with Gasteiger partial charge < -0.3 is 33.9 Å². The first-order valence-electron chi connectivity index (χ1n) is 12.7. The van der Waals surface area contributed by atoms with Crippen molar-refractivity contribution in [1.82, 2.24) is 4.90 Å². The van der Waals surface area contributed by atoms with E-state index in [1.807, 2.05) is 13.8 Å². The van der Waals surface area contributed by atoms with Crippen LogP contribution in [0.1, 0.15) is 31.0 Å². The highest BCUT2D eigenvalue weighted by Gasteiger charge is 2.44. The normalized spacial score (nSPS) is 19.8. The van der Waals surface area contributed by atoms with Gasteiger partial charge in [0.2, 0.25) is 5.78 Å². The average molecular weight is 511 g/mol. The number of benzene rings is 2. The average Bonchev–Trinajstić information content (AvgIpc) is 3.18. The number of hydrogen-bond acceptors (Lipinski definition) is 7. The van der Waals surface area contributed by atoms with Gasteiger partial charge in [0.05, 0.1) is 52.7 Å². The van der Waals surface area contributed by atoms with Gasteiger partial charge in [0.1, 0.15) is 18.8 Å². The van der Waals surface area contributed by atoms with Crippen molar-refractivity contribution < 1.29 is 38.5 Å². The number of morpholine rings is 1. The van der Waals surface area contributed by atoms with E-state index in [-0.39, 0.29) is 5.57 Å². The summed E-state index contributed by atoms with van der Waals surface area (Å²) in [5, 5.41) is 13.7. The monoisotopic (exact) mass is 510 g/mol. The van der Waals surface area contributed by atoms with Crippen molar-refractivity contribution in [2.24, 2.45) is 0 Å². The topological polar surface area (TPSA) is 102 Å². The smallest absolute Gasteiger partial charge is 0.295 e. The molecule has 0 radical (unpaired) electrons. The summed E-state index contributed by atoms with van der Waals surface area (Å²) < 4.78 is 22.1. The highest BCUT2D eigenvalue weighted by Crippen LogP contribution is 2.41. The maximum absolute atomic E-state index is 13.7. The van der Waals surface area contributed by atoms with Gasteiger partial charge >= 0.3 is 0 Å². The number of methoxy groups -OCH3 is 1. The molecule has 2 aromatic rings. The highest BCUT2D eigenvalue weighted by atomic mass is 16.5. The molecule has 9 heteroatoms. The van der Waals surface area contributed by atoms with Gasteiger partial charge in [0.15, 0.2) is 11.5 Å². The first-order valence-corrected chi connectivity index (χ1v) is 12.7. The number of nitrogens with zero attached hydrogens (tertiary/aromatic N) is 1. The minimum absolute atomic E-state index is 0.0567. The molecule has 0 aliphatic carbocycles. The van der Waals surface area contributed by atoms with Crippen molar-refractivity contribution in [3.8, 4) is 17.2 Å². The van der Waals surface area contributed by atoms with Gasteiger partial charge in [-0.15, -0.1) is 0 Å². The lowest BCUT2D eigenvalue weighted by molar-refractivity contribution is -0.907. The molecule has 2 aromatic carbocycles. The zero-order chi connectivity index (χ0) is 26.4. The summed E-state index contributed by atoms with van der Waals surface area (Å²) in [6.45, 7) is 8.60. The van der Waals surface area contributed by atoms with Gasteiger partial charge in [-0.3, -0.25) is 9.59 Å². The number of hydrogen-bond donors (Lipinski definition) is 1. The van der Waals surface area contributed by atoms with E-state index in [4.69, 9.17) is 18.9 Å². The summed E-state index contributed by atoms with van der Waals surface area (Å²) in [4.78, 5) is 29.4. The van der Waals surface area contributed by atoms with E-state index in [1.54, 1.807) is 42.5 Å². The van der Waals surface area contributed by atoms with Crippen LogP contribution >= 0.6 is 0 Å². The van der Waals surface area contributed by atoms with Crippen molar-refractivity contribution in [1.29, 1.82) is 0 Å². The first kappa shape index (κ1) is 26.5. The van der Waals surface area contributed by atoms with Gasteiger partial charge in [0, 0.05) is 5.57 Å². The molecular weight excluding hydrogens is 476 g/mol. The van der Waals surface area contributed by atoms with Gasteiger partial charge in [-0.05, 0) is 49.2 Å². The Kier molecular flexibility index (Phi) is 8.68. The highest BCUT2D eigenvalue weighted by molar-refractivity contribution is 6.46. The second-order valence-corrected chi connectivity index (χ2v) is 8.89. The first-order chi connectivity index (χ1) is 18.0. The van der Waals surface area contributed by atoms with Crippen LogP contribution in [0.25, 0.3) is 5.76 Å². The van der Waals surface area contributed by atoms with E-state index in [0.29, 0.717) is 67.9 Å². The number of rotatable bonds is 10. The van der Waals surface area contributed by atoms with Crippen LogP contribution in [-0.4, -0.2) is 76.3 Å². The van der Waals surface area contributed by atoms with E-state index in [9.17, 15) is 14.7 Å². The molecule has 9 nitrogen and oxygen atoms in total. The summed E-state index contributed by atoms with van der Waals surface area (Å²) in [6, 6.07) is 11.0. The van der Waals surface area contributed by atoms with Crippen LogP contribution in [0.15, 0.2) is 48.0 Å². The van der Waals surface area contributed by atoms with Crippen molar-refractivity contribution >= 4 is 17.4 Å². The molecule has 2 heterocycles. The van der Waals surface area contributed by atoms with Crippen molar-refractivity contribution in [2.45, 2.75) is 19.9 Å². The summed E-state index contributed by atoms with van der Waals surface area (Å²) >= 11 is 0. The Morgan fingerprint density at radius 1 is 1.03 bits per heavy atom. The minimum atomic E-state index is -0.829. The Morgan fingerprint density at radius 3 is 2.35 bits per heavy atom. The fourth-order valence-corrected chi connectivity index (χ4v) is 4.77. The Bertz CT molecular complexity index is 1140. The standard InChI is InChI=1S/C28H34N2O7/c1-4-36-22-11-8-20(18-23(22)37-5-2)25-24(26(31)19-6-9-21(34-3)10-7-19)27(32)28(33)30(25)13-12-29-14-16-35-17-15-29/h6-11,18,25,31H,4-5,12-17H2,1-3H3. The molecule has 0 spiro atoms. The number of ether oxygens (including phenoxy) is 4. The molecule has 2 aliphatic heterocycles. The quantitative estimate of drug-likeness (QED) is 0.284. The maximum atomic E-state index is 13.7. The largest absolute Gasteiger partial charge is 0.872 e. The fraction of sp³-hybridized carbons (Fsp3) is 0.429. The summed E-state index contributed by atoms with van der Waals surface area (Å²) in [5.41, 5.74) is 0.886. The number of likely N-dealkylation sites (tertiary alicyclic amines) is 1. The predicted octanol–water partition coefficient (Wildman–Crippen LogP) is 0.632. The van der Waals surface area contributed by atoms with Crippen LogP contribution < -0.4 is 24.2 Å². The second-order valence-electron chi connectivity index (χ2n) is 8.89. The van der Waals surface area contributed by atoms with Gasteiger partial charge in [0.25, 0.3) is 5.91 Å². The summed E-state index contributed by atoms with van der Waals surface area (Å²) in [5.74, 6) is -0.246. The number of ketones is 1. The SMILES string of the molecule is CCOc1ccc(C2C(=C([O-])c3ccc(OC)cc3)C(=O)C(=O)N2CC[NH+]2CCOCC2)cc1OCC. The molecule has 2 aliphatic rings. The van der Waals surface area contributed by atoms with E-state index < -0.39 is 23.5 Å². The lowest BCUT2D eigenvalue weighted by Gasteiger charge is -2.30. The molecule has 1 N–H and O–H groups in total. The summed E-state index contributed by atoms with van der Waals surface area (Å²) in [6.07, 6.45) is 0. The van der Waals surface area contributed by atoms with E-state index in [2.05, 4.69) is 0 Å². The second kappa shape index (κ2) is 12.1. The van der Waals surface area contributed by atoms with E-state index in [1.165, 1.54) is 16.9 Å². The zero-order valence-electron chi connectivity index (χ0n) is 21.6. The molecule has 37 heavy (non-hydrogen) atoms. The fourth-order valence-electron chi connectivity index (χ4n) is 4.77. The molecule has 1 atom stereocenters. The number of carbonyl (C=O) groups is 2. The van der Waals surface area contributed by atoms with Crippen molar-refractivity contribution in [3.63, 3.8) is 0 Å². The number of nitrogens with one attached hydrogen (secondary N) is 1. The number of amides is 1. The van der Waals surface area contributed by atoms with Crippen LogP contribution in [0.4, 0.5) is 0 Å². The van der Waals surface area contributed by atoms with Gasteiger partial charge in [-0.1, -0.05) is 24.0 Å². The van der Waals surface area contributed by atoms with Crippen molar-refractivity contribution in [3.05, 3.63) is 59.2 Å². The third-order valence-corrected chi connectivity index (χ3v) is 6.67. The zero-order valence-corrected chi connectivity index (χ0v) is 21.6. The van der Waals surface area contributed by atoms with Crippen LogP contribution in [0.3, 0.4) is 0 Å². The number of Topliss-reactive ketones (excluding diaryl/α,β-unsaturated/α-hetero) is 1. The number of carbonyl (C=O) groups excluding carboxylic acids is 2. The van der Waals surface area contributed by atoms with Crippen LogP contribution in [-0.2, 0) is 14.3 Å². The molecule has 1 amide bonds. The summed E-state index contributed by atoms with van der Waals surface area (Å²) in [7, 11) is 1.54. The molecule has 0 bridgehead atoms. The third kappa shape index (κ3) is 5.73. The van der Waals surface area contributed by atoms with E-state index in [0.717, 1.165) is 13.1 Å². The van der Waals surface area contributed by atoms with Gasteiger partial charge in [-0.25, -0.2) is 0 Å². The minimum Gasteiger partial charge on any atom is -0.872 e. The van der Waals surface area contributed by atoms with Crippen molar-refractivity contribution in [2.75, 3.05) is 59.7 Å². The Labute approximate surface area is 217 Å². The predicted molar refractivity (Wildman–Crippen MR) is 135 cm³/mol. The van der Waals surface area contributed by atoms with Crippen LogP contribution in [0.5, 0.6) is 17.2 Å². The lowest BCUT2D eigenvalue weighted by Crippen LogP contribution is -3.14. The van der Waals surface area contributed by atoms with E-state index >= 15 is 0 Å². The van der Waals surface area contributed by atoms with Crippen LogP contribution in [0.2, 0.25) is 0 Å². The molecule has 4 rings (SSSR count). The Morgan fingerprint density at radius 2 is 1.70 bits per heavy atom. The molecule has 198 valence electrons. The molecular formula is C28H34N2O7. The lowest BCUT2D eigenvalue weighted by atomic mass is 9.95. The molecule has 1 unspecified atom stereocenters. The third-order valence-electron chi connectivity index (χ3n) is 6.67. The molecule has 2 fully saturated rings.